The molecule has 2 aliphatic heterocycles. The van der Waals surface area contributed by atoms with Crippen LogP contribution < -0.4 is 20.7 Å². The smallest absolute Gasteiger partial charge is 0.318 e. The molecule has 3 N–H and O–H groups in total. The number of nitrogen functional groups attached to an aromatic ring is 1. The fourth-order valence-corrected chi connectivity index (χ4v) is 6.80. The van der Waals surface area contributed by atoms with Gasteiger partial charge in [0.1, 0.15) is 17.4 Å². The molecule has 178 valence electrons. The lowest BCUT2D eigenvalue weighted by Gasteiger charge is -2.34. The Bertz CT molecular complexity index is 1550. The van der Waals surface area contributed by atoms with Crippen molar-refractivity contribution < 1.29 is 9.13 Å². The van der Waals surface area contributed by atoms with E-state index in [1.807, 2.05) is 13.0 Å². The lowest BCUT2D eigenvalue weighted by atomic mass is 9.96. The van der Waals surface area contributed by atoms with E-state index < -0.39 is 5.82 Å². The quantitative estimate of drug-likeness (QED) is 0.375. The number of nitrogens with zero attached hydrogens (tertiary/aromatic N) is 4. The third-order valence-electron chi connectivity index (χ3n) is 6.97. The molecule has 0 amide bonds. The number of nitrogens with one attached hydrogen (secondary N) is 1. The molecule has 2 aliphatic rings. The van der Waals surface area contributed by atoms with Gasteiger partial charge in [0.05, 0.1) is 23.4 Å². The number of aromatic nitrogens is 2. The summed E-state index contributed by atoms with van der Waals surface area (Å²) < 4.78 is 22.6. The number of nitrogens with two attached hydrogens (primary N) is 1. The van der Waals surface area contributed by atoms with Gasteiger partial charge in [0.25, 0.3) is 0 Å². The zero-order valence-electron chi connectivity index (χ0n) is 19.2. The molecule has 4 heterocycles. The normalized spacial score (nSPS) is 19.5. The van der Waals surface area contributed by atoms with Gasteiger partial charge in [-0.1, -0.05) is 11.6 Å². The van der Waals surface area contributed by atoms with Crippen LogP contribution in [0.5, 0.6) is 6.01 Å². The van der Waals surface area contributed by atoms with Crippen molar-refractivity contribution in [2.45, 2.75) is 31.8 Å². The maximum Gasteiger partial charge on any atom is 0.318 e. The van der Waals surface area contributed by atoms with Crippen LogP contribution >= 0.6 is 22.9 Å². The van der Waals surface area contributed by atoms with E-state index in [1.165, 1.54) is 18.4 Å². The number of ether oxygens (including phenoxy) is 1. The molecular weight excluding hydrogens is 487 g/mol. The first-order valence-electron chi connectivity index (χ1n) is 11.4. The third kappa shape index (κ3) is 3.39. The summed E-state index contributed by atoms with van der Waals surface area (Å²) in [5.74, 6) is 0.0492. The van der Waals surface area contributed by atoms with Crippen molar-refractivity contribution in [2.75, 3.05) is 30.8 Å². The topological polar surface area (TPSA) is 100 Å². The molecule has 2 bridgehead atoms. The van der Waals surface area contributed by atoms with E-state index in [1.54, 1.807) is 12.1 Å². The van der Waals surface area contributed by atoms with Crippen LogP contribution in [-0.4, -0.2) is 42.3 Å². The summed E-state index contributed by atoms with van der Waals surface area (Å²) in [5.41, 5.74) is 7.66. The molecule has 2 saturated heterocycles. The van der Waals surface area contributed by atoms with Crippen molar-refractivity contribution in [1.29, 1.82) is 5.26 Å². The molecule has 2 fully saturated rings. The fourth-order valence-electron chi connectivity index (χ4n) is 5.44. The highest BCUT2D eigenvalue weighted by Crippen LogP contribution is 2.47. The first kappa shape index (κ1) is 22.3. The molecule has 0 aliphatic carbocycles. The SMILES string of the molecule is COc1nc(N2CC3CCC(C2)N3)c2cc(Cl)c(-c3c(C)sc4ccc(N)c(C#N)c34)c(F)c2n1. The Hall–Kier alpha value is -3.19. The van der Waals surface area contributed by atoms with E-state index >= 15 is 4.39 Å². The number of halogens is 2. The minimum Gasteiger partial charge on any atom is -0.467 e. The summed E-state index contributed by atoms with van der Waals surface area (Å²) >= 11 is 8.27. The number of nitriles is 1. The highest BCUT2D eigenvalue weighted by Gasteiger charge is 2.34. The number of hydrogen-bond donors (Lipinski definition) is 2. The van der Waals surface area contributed by atoms with Gasteiger partial charge in [-0.15, -0.1) is 11.3 Å². The van der Waals surface area contributed by atoms with E-state index in [0.717, 1.165) is 35.5 Å². The van der Waals surface area contributed by atoms with Gasteiger partial charge in [0.2, 0.25) is 0 Å². The van der Waals surface area contributed by atoms with Crippen LogP contribution in [0.1, 0.15) is 23.3 Å². The average molecular weight is 509 g/mol. The summed E-state index contributed by atoms with van der Waals surface area (Å²) in [7, 11) is 1.47. The summed E-state index contributed by atoms with van der Waals surface area (Å²) in [4.78, 5) is 12.0. The van der Waals surface area contributed by atoms with Crippen LogP contribution in [0, 0.1) is 24.1 Å². The molecule has 0 saturated carbocycles. The van der Waals surface area contributed by atoms with E-state index in [2.05, 4.69) is 26.3 Å². The maximum absolute atomic E-state index is 16.4. The number of anilines is 2. The average Bonchev–Trinajstić information content (AvgIpc) is 3.36. The van der Waals surface area contributed by atoms with Gasteiger partial charge in [0.15, 0.2) is 5.82 Å². The largest absolute Gasteiger partial charge is 0.467 e. The van der Waals surface area contributed by atoms with Crippen LogP contribution in [-0.2, 0) is 0 Å². The Morgan fingerprint density at radius 2 is 2.00 bits per heavy atom. The molecule has 0 spiro atoms. The van der Waals surface area contributed by atoms with Crippen LogP contribution in [0.25, 0.3) is 32.1 Å². The number of rotatable bonds is 3. The first-order valence-corrected chi connectivity index (χ1v) is 12.6. The molecule has 2 aromatic carbocycles. The summed E-state index contributed by atoms with van der Waals surface area (Å²) in [5, 5.41) is 14.8. The summed E-state index contributed by atoms with van der Waals surface area (Å²) in [6.45, 7) is 3.43. The maximum atomic E-state index is 16.4. The highest BCUT2D eigenvalue weighted by molar-refractivity contribution is 7.19. The zero-order valence-corrected chi connectivity index (χ0v) is 20.7. The minimum absolute atomic E-state index is 0.0967. The summed E-state index contributed by atoms with van der Waals surface area (Å²) in [6, 6.07) is 8.30. The second-order valence-corrected chi connectivity index (χ2v) is 10.7. The first-order chi connectivity index (χ1) is 16.9. The second kappa shape index (κ2) is 8.19. The molecule has 0 radical (unpaired) electrons. The standard InChI is InChI=1S/C25H22ClFN6OS/c1-11-19(20-15(8-28)17(29)5-6-18(20)35-11)21-16(26)7-14-23(22(21)27)31-25(34-2)32-24(14)33-9-12-3-4-13(10-33)30-12/h5-7,12-13,30H,3-4,9-10,29H2,1-2H3. The molecule has 10 heteroatoms. The molecular formula is C25H22ClFN6OS. The number of piperazine rings is 1. The number of hydrogen-bond acceptors (Lipinski definition) is 8. The number of fused-ring (bicyclic) bond motifs is 4. The predicted octanol–water partition coefficient (Wildman–Crippen LogP) is 5.02. The predicted molar refractivity (Wildman–Crippen MR) is 138 cm³/mol. The molecule has 2 aromatic heterocycles. The highest BCUT2D eigenvalue weighted by atomic mass is 35.5. The van der Waals surface area contributed by atoms with Gasteiger partial charge in [-0.25, -0.2) is 4.39 Å². The van der Waals surface area contributed by atoms with Gasteiger partial charge in [-0.2, -0.15) is 15.2 Å². The minimum atomic E-state index is -0.568. The van der Waals surface area contributed by atoms with Gasteiger partial charge in [0, 0.05) is 56.6 Å². The monoisotopic (exact) mass is 508 g/mol. The van der Waals surface area contributed by atoms with Crippen LogP contribution in [0.4, 0.5) is 15.9 Å². The van der Waals surface area contributed by atoms with Crippen molar-refractivity contribution in [3.05, 3.63) is 39.5 Å². The number of methoxy groups -OCH3 is 1. The van der Waals surface area contributed by atoms with Gasteiger partial charge >= 0.3 is 6.01 Å². The third-order valence-corrected chi connectivity index (χ3v) is 8.34. The Morgan fingerprint density at radius 3 is 2.69 bits per heavy atom. The lowest BCUT2D eigenvalue weighted by molar-refractivity contribution is 0.380. The van der Waals surface area contributed by atoms with Gasteiger partial charge in [-0.05, 0) is 38.0 Å². The van der Waals surface area contributed by atoms with Gasteiger partial charge in [-0.3, -0.25) is 0 Å². The molecule has 2 atom stereocenters. The van der Waals surface area contributed by atoms with Gasteiger partial charge < -0.3 is 20.7 Å². The molecule has 6 rings (SSSR count). The van der Waals surface area contributed by atoms with Crippen LogP contribution in [0.3, 0.4) is 0 Å². The molecule has 4 aromatic rings. The second-order valence-electron chi connectivity index (χ2n) is 9.07. The Labute approximate surface area is 210 Å². The van der Waals surface area contributed by atoms with Crippen molar-refractivity contribution >= 4 is 55.4 Å². The van der Waals surface area contributed by atoms with Crippen molar-refractivity contribution in [1.82, 2.24) is 15.3 Å². The number of thiophene rings is 1. The Kier molecular flexibility index (Phi) is 5.22. The van der Waals surface area contributed by atoms with E-state index in [9.17, 15) is 5.26 Å². The molecule has 7 nitrogen and oxygen atoms in total. The van der Waals surface area contributed by atoms with Crippen LogP contribution in [0.15, 0.2) is 18.2 Å². The summed E-state index contributed by atoms with van der Waals surface area (Å²) in [6.07, 6.45) is 2.21. The molecule has 2 unspecified atom stereocenters. The number of aryl methyl sites for hydroxylation is 1. The fraction of sp³-hybridized carbons (Fsp3) is 0.320. The van der Waals surface area contributed by atoms with Crippen molar-refractivity contribution in [2.24, 2.45) is 0 Å². The van der Waals surface area contributed by atoms with Crippen molar-refractivity contribution in [3.8, 4) is 23.2 Å². The van der Waals surface area contributed by atoms with E-state index in [0.29, 0.717) is 45.5 Å². The van der Waals surface area contributed by atoms with Crippen molar-refractivity contribution in [3.63, 3.8) is 0 Å². The van der Waals surface area contributed by atoms with E-state index in [-0.39, 0.29) is 22.1 Å². The zero-order chi connectivity index (χ0) is 24.4. The Morgan fingerprint density at radius 1 is 1.26 bits per heavy atom. The molecule has 35 heavy (non-hydrogen) atoms. The van der Waals surface area contributed by atoms with E-state index in [4.69, 9.17) is 22.1 Å². The Balaban J connectivity index is 1.63. The lowest BCUT2D eigenvalue weighted by Crippen LogP contribution is -2.51. The number of benzene rings is 2. The van der Waals surface area contributed by atoms with Crippen LogP contribution in [0.2, 0.25) is 5.02 Å².